The summed E-state index contributed by atoms with van der Waals surface area (Å²) in [6.07, 6.45) is 3.20. The molecule has 1 fully saturated rings. The lowest BCUT2D eigenvalue weighted by Crippen LogP contribution is -2.25. The summed E-state index contributed by atoms with van der Waals surface area (Å²) >= 11 is 3.36. The molecule has 1 unspecified atom stereocenters. The Kier molecular flexibility index (Phi) is 3.49. The number of pyridine rings is 1. The number of nitrogens with one attached hydrogen (secondary N) is 1. The summed E-state index contributed by atoms with van der Waals surface area (Å²) in [6.45, 7) is 0.442. The summed E-state index contributed by atoms with van der Waals surface area (Å²) in [4.78, 5) is 4.13. The summed E-state index contributed by atoms with van der Waals surface area (Å²) in [5, 5.41) is 2.81. The number of aromatic nitrogens is 1. The second-order valence-electron chi connectivity index (χ2n) is 3.85. The van der Waals surface area contributed by atoms with E-state index in [1.807, 2.05) is 12.1 Å². The fraction of sp³-hybridized carbons (Fsp3) is 0.500. The van der Waals surface area contributed by atoms with Crippen LogP contribution in [0.15, 0.2) is 22.8 Å². The SMILES string of the molecule is O=S1(=O)CCCC1CNc1ncccc1Br. The second-order valence-corrected chi connectivity index (χ2v) is 7.10. The molecule has 0 amide bonds. The molecule has 0 bridgehead atoms. The molecule has 2 heterocycles. The first kappa shape index (κ1) is 11.9. The quantitative estimate of drug-likeness (QED) is 0.925. The maximum absolute atomic E-state index is 11.6. The Bertz CT molecular complexity index is 475. The van der Waals surface area contributed by atoms with Crippen LogP contribution in [0.2, 0.25) is 0 Å². The molecule has 88 valence electrons. The smallest absolute Gasteiger partial charge is 0.154 e. The maximum Gasteiger partial charge on any atom is 0.154 e. The molecule has 16 heavy (non-hydrogen) atoms. The molecule has 1 aromatic rings. The lowest BCUT2D eigenvalue weighted by molar-refractivity contribution is 0.591. The molecule has 1 aliphatic rings. The zero-order valence-corrected chi connectivity index (χ0v) is 11.1. The second kappa shape index (κ2) is 4.71. The standard InChI is InChI=1S/C10H13BrN2O2S/c11-9-4-1-5-12-10(9)13-7-8-3-2-6-16(8,14)15/h1,4-5,8H,2-3,6-7H2,(H,12,13). The van der Waals surface area contributed by atoms with E-state index < -0.39 is 9.84 Å². The van der Waals surface area contributed by atoms with Gasteiger partial charge in [0.2, 0.25) is 0 Å². The molecule has 2 rings (SSSR count). The van der Waals surface area contributed by atoms with Crippen molar-refractivity contribution in [1.29, 1.82) is 0 Å². The van der Waals surface area contributed by atoms with E-state index in [0.29, 0.717) is 18.1 Å². The third-order valence-electron chi connectivity index (χ3n) is 2.72. The molecular formula is C10H13BrN2O2S. The molecule has 0 aromatic carbocycles. The van der Waals surface area contributed by atoms with Crippen molar-refractivity contribution in [2.75, 3.05) is 17.6 Å². The van der Waals surface area contributed by atoms with Gasteiger partial charge in [-0.1, -0.05) is 0 Å². The van der Waals surface area contributed by atoms with Gasteiger partial charge >= 0.3 is 0 Å². The van der Waals surface area contributed by atoms with E-state index in [2.05, 4.69) is 26.2 Å². The van der Waals surface area contributed by atoms with Crippen molar-refractivity contribution in [3.63, 3.8) is 0 Å². The number of nitrogens with zero attached hydrogens (tertiary/aromatic N) is 1. The summed E-state index contributed by atoms with van der Waals surface area (Å²) in [7, 11) is -2.88. The molecule has 1 saturated heterocycles. The van der Waals surface area contributed by atoms with Crippen LogP contribution in [0.3, 0.4) is 0 Å². The van der Waals surface area contributed by atoms with Crippen LogP contribution in [0.5, 0.6) is 0 Å². The topological polar surface area (TPSA) is 59.1 Å². The minimum atomic E-state index is -2.88. The van der Waals surface area contributed by atoms with Crippen LogP contribution < -0.4 is 5.32 Å². The maximum atomic E-state index is 11.6. The van der Waals surface area contributed by atoms with E-state index in [1.54, 1.807) is 6.20 Å². The number of hydrogen-bond acceptors (Lipinski definition) is 4. The molecule has 0 aliphatic carbocycles. The summed E-state index contributed by atoms with van der Waals surface area (Å²) in [5.74, 6) is 1.02. The number of sulfone groups is 1. The molecule has 0 saturated carbocycles. The molecular weight excluding hydrogens is 292 g/mol. The lowest BCUT2D eigenvalue weighted by Gasteiger charge is -2.11. The number of hydrogen-bond donors (Lipinski definition) is 1. The average molecular weight is 305 g/mol. The van der Waals surface area contributed by atoms with E-state index in [-0.39, 0.29) is 5.25 Å². The van der Waals surface area contributed by atoms with Crippen LogP contribution in [-0.2, 0) is 9.84 Å². The van der Waals surface area contributed by atoms with Crippen LogP contribution in [0, 0.1) is 0 Å². The summed E-state index contributed by atoms with van der Waals surface area (Å²) in [6, 6.07) is 3.69. The van der Waals surface area contributed by atoms with Gasteiger partial charge in [-0.2, -0.15) is 0 Å². The largest absolute Gasteiger partial charge is 0.368 e. The molecule has 6 heteroatoms. The van der Waals surface area contributed by atoms with Crippen molar-refractivity contribution in [2.45, 2.75) is 18.1 Å². The van der Waals surface area contributed by atoms with Gasteiger partial charge in [0.15, 0.2) is 9.84 Å². The third kappa shape index (κ3) is 2.55. The number of anilines is 1. The van der Waals surface area contributed by atoms with Crippen LogP contribution in [-0.4, -0.2) is 30.9 Å². The van der Waals surface area contributed by atoms with Gasteiger partial charge in [-0.15, -0.1) is 0 Å². The van der Waals surface area contributed by atoms with Gasteiger partial charge in [0.05, 0.1) is 15.5 Å². The van der Waals surface area contributed by atoms with Gasteiger partial charge in [0, 0.05) is 12.7 Å². The molecule has 1 N–H and O–H groups in total. The van der Waals surface area contributed by atoms with Crippen molar-refractivity contribution in [1.82, 2.24) is 4.98 Å². The van der Waals surface area contributed by atoms with Gasteiger partial charge in [0.25, 0.3) is 0 Å². The van der Waals surface area contributed by atoms with Crippen LogP contribution >= 0.6 is 15.9 Å². The summed E-state index contributed by atoms with van der Waals surface area (Å²) < 4.78 is 24.0. The Morgan fingerprint density at radius 2 is 2.38 bits per heavy atom. The van der Waals surface area contributed by atoms with Crippen LogP contribution in [0.1, 0.15) is 12.8 Å². The Morgan fingerprint density at radius 1 is 1.56 bits per heavy atom. The first-order chi connectivity index (χ1) is 7.59. The van der Waals surface area contributed by atoms with Crippen molar-refractivity contribution in [3.8, 4) is 0 Å². The lowest BCUT2D eigenvalue weighted by atomic mass is 10.2. The Morgan fingerprint density at radius 3 is 3.00 bits per heavy atom. The average Bonchev–Trinajstić information content (AvgIpc) is 2.57. The highest BCUT2D eigenvalue weighted by molar-refractivity contribution is 9.10. The minimum absolute atomic E-state index is 0.263. The van der Waals surface area contributed by atoms with Crippen molar-refractivity contribution >= 4 is 31.6 Å². The fourth-order valence-electron chi connectivity index (χ4n) is 1.81. The van der Waals surface area contributed by atoms with Gasteiger partial charge in [-0.25, -0.2) is 13.4 Å². The molecule has 4 nitrogen and oxygen atoms in total. The Hall–Kier alpha value is -0.620. The number of halogens is 1. The Balaban J connectivity index is 2.01. The van der Waals surface area contributed by atoms with E-state index in [0.717, 1.165) is 17.3 Å². The molecule has 1 atom stereocenters. The first-order valence-electron chi connectivity index (χ1n) is 5.15. The van der Waals surface area contributed by atoms with E-state index >= 15 is 0 Å². The van der Waals surface area contributed by atoms with E-state index in [1.165, 1.54) is 0 Å². The van der Waals surface area contributed by atoms with Crippen molar-refractivity contribution < 1.29 is 8.42 Å². The van der Waals surface area contributed by atoms with Gasteiger partial charge < -0.3 is 5.32 Å². The molecule has 0 spiro atoms. The van der Waals surface area contributed by atoms with Gasteiger partial charge in [-0.05, 0) is 40.9 Å². The fourth-order valence-corrected chi connectivity index (χ4v) is 3.97. The minimum Gasteiger partial charge on any atom is -0.368 e. The predicted molar refractivity (Wildman–Crippen MR) is 67.2 cm³/mol. The normalized spacial score (nSPS) is 23.2. The predicted octanol–water partition coefficient (Wildman–Crippen LogP) is 1.83. The van der Waals surface area contributed by atoms with E-state index in [4.69, 9.17) is 0 Å². The highest BCUT2D eigenvalue weighted by Crippen LogP contribution is 2.22. The highest BCUT2D eigenvalue weighted by atomic mass is 79.9. The highest BCUT2D eigenvalue weighted by Gasteiger charge is 2.30. The third-order valence-corrected chi connectivity index (χ3v) is 5.63. The van der Waals surface area contributed by atoms with Crippen molar-refractivity contribution in [3.05, 3.63) is 22.8 Å². The van der Waals surface area contributed by atoms with E-state index in [9.17, 15) is 8.42 Å². The first-order valence-corrected chi connectivity index (χ1v) is 7.66. The molecule has 1 aliphatic heterocycles. The zero-order chi connectivity index (χ0) is 11.6. The monoisotopic (exact) mass is 304 g/mol. The molecule has 1 aromatic heterocycles. The zero-order valence-electron chi connectivity index (χ0n) is 8.69. The number of rotatable bonds is 3. The summed E-state index contributed by atoms with van der Waals surface area (Å²) in [5.41, 5.74) is 0. The van der Waals surface area contributed by atoms with Crippen molar-refractivity contribution in [2.24, 2.45) is 0 Å². The van der Waals surface area contributed by atoms with Gasteiger partial charge in [-0.3, -0.25) is 0 Å². The Labute approximate surface area is 104 Å². The van der Waals surface area contributed by atoms with Crippen LogP contribution in [0.25, 0.3) is 0 Å². The molecule has 0 radical (unpaired) electrons. The van der Waals surface area contributed by atoms with Crippen LogP contribution in [0.4, 0.5) is 5.82 Å². The van der Waals surface area contributed by atoms with Gasteiger partial charge in [0.1, 0.15) is 5.82 Å².